The maximum Gasteiger partial charge on any atom is 0.297 e. The van der Waals surface area contributed by atoms with Gasteiger partial charge in [0, 0.05) is 24.5 Å². The van der Waals surface area contributed by atoms with E-state index in [9.17, 15) is 13.2 Å². The molecule has 1 aliphatic heterocycles. The second kappa shape index (κ2) is 7.95. The minimum atomic E-state index is -2.77. The zero-order chi connectivity index (χ0) is 20.4. The van der Waals surface area contributed by atoms with Crippen molar-refractivity contribution in [3.8, 4) is 6.07 Å². The van der Waals surface area contributed by atoms with Crippen molar-refractivity contribution < 1.29 is 13.2 Å². The third-order valence-corrected chi connectivity index (χ3v) is 5.00. The lowest BCUT2D eigenvalue weighted by Crippen LogP contribution is -2.42. The molecule has 0 aliphatic carbocycles. The highest BCUT2D eigenvalue weighted by Crippen LogP contribution is 2.28. The third kappa shape index (κ3) is 3.94. The van der Waals surface area contributed by atoms with Gasteiger partial charge in [0.1, 0.15) is 11.6 Å². The van der Waals surface area contributed by atoms with Gasteiger partial charge < -0.3 is 10.2 Å². The number of anilines is 2. The van der Waals surface area contributed by atoms with E-state index in [0.29, 0.717) is 35.5 Å². The number of fused-ring (bicyclic) bond motifs is 1. The highest BCUT2D eigenvalue weighted by Gasteiger charge is 2.24. The van der Waals surface area contributed by atoms with Gasteiger partial charge in [-0.05, 0) is 43.2 Å². The van der Waals surface area contributed by atoms with Crippen molar-refractivity contribution in [2.75, 3.05) is 23.3 Å². The summed E-state index contributed by atoms with van der Waals surface area (Å²) in [5.74, 6) is -0.604. The van der Waals surface area contributed by atoms with Gasteiger partial charge in [-0.15, -0.1) is 0 Å². The van der Waals surface area contributed by atoms with E-state index in [1.807, 2.05) is 11.0 Å². The molecule has 0 spiro atoms. The van der Waals surface area contributed by atoms with Gasteiger partial charge in [0.05, 0.1) is 22.8 Å². The Balaban J connectivity index is 1.60. The zero-order valence-electron chi connectivity index (χ0n) is 15.4. The van der Waals surface area contributed by atoms with Gasteiger partial charge in [-0.3, -0.25) is 0 Å². The highest BCUT2D eigenvalue weighted by atomic mass is 19.3. The number of piperidine rings is 1. The Morgan fingerprint density at radius 3 is 2.76 bits per heavy atom. The molecule has 5 nitrogen and oxygen atoms in total. The fraction of sp³-hybridized carbons (Fsp3) is 0.286. The lowest BCUT2D eigenvalue weighted by atomic mass is 10.0. The molecule has 2 aromatic carbocycles. The summed E-state index contributed by atoms with van der Waals surface area (Å²) in [7, 11) is 0. The van der Waals surface area contributed by atoms with Gasteiger partial charge in [0.2, 0.25) is 0 Å². The molecule has 4 rings (SSSR count). The number of hydrogen-bond acceptors (Lipinski definition) is 5. The first-order valence-electron chi connectivity index (χ1n) is 9.31. The van der Waals surface area contributed by atoms with Gasteiger partial charge in [0.15, 0.2) is 5.82 Å². The smallest absolute Gasteiger partial charge is 0.297 e. The van der Waals surface area contributed by atoms with Crippen LogP contribution in [0.1, 0.15) is 30.7 Å². The first kappa shape index (κ1) is 19.0. The molecule has 1 unspecified atom stereocenters. The van der Waals surface area contributed by atoms with Crippen molar-refractivity contribution in [3.05, 3.63) is 59.7 Å². The molecule has 0 bridgehead atoms. The second-order valence-electron chi connectivity index (χ2n) is 6.96. The third-order valence-electron chi connectivity index (χ3n) is 5.00. The molecule has 3 aromatic rings. The largest absolute Gasteiger partial charge is 0.367 e. The average Bonchev–Trinajstić information content (AvgIpc) is 2.73. The second-order valence-corrected chi connectivity index (χ2v) is 6.96. The number of benzene rings is 2. The first-order chi connectivity index (χ1) is 14.0. The molecule has 1 atom stereocenters. The molecule has 0 radical (unpaired) electrons. The Morgan fingerprint density at radius 1 is 1.17 bits per heavy atom. The van der Waals surface area contributed by atoms with Crippen LogP contribution in [0.4, 0.5) is 24.7 Å². The molecule has 0 amide bonds. The van der Waals surface area contributed by atoms with E-state index in [1.165, 1.54) is 6.07 Å². The summed E-state index contributed by atoms with van der Waals surface area (Å²) < 4.78 is 40.8. The van der Waals surface area contributed by atoms with Crippen LogP contribution in [-0.2, 0) is 0 Å². The van der Waals surface area contributed by atoms with Crippen molar-refractivity contribution in [1.29, 1.82) is 5.26 Å². The number of nitriles is 1. The van der Waals surface area contributed by atoms with Crippen molar-refractivity contribution in [1.82, 2.24) is 9.97 Å². The van der Waals surface area contributed by atoms with Gasteiger partial charge in [-0.1, -0.05) is 12.1 Å². The van der Waals surface area contributed by atoms with Crippen LogP contribution < -0.4 is 10.2 Å². The van der Waals surface area contributed by atoms with Crippen molar-refractivity contribution in [2.45, 2.75) is 25.3 Å². The maximum atomic E-state index is 14.4. The van der Waals surface area contributed by atoms with E-state index in [-0.39, 0.29) is 11.6 Å². The summed E-state index contributed by atoms with van der Waals surface area (Å²) in [6, 6.07) is 13.2. The van der Waals surface area contributed by atoms with Crippen LogP contribution in [-0.4, -0.2) is 29.1 Å². The van der Waals surface area contributed by atoms with Crippen molar-refractivity contribution in [3.63, 3.8) is 0 Å². The topological polar surface area (TPSA) is 64.8 Å². The van der Waals surface area contributed by atoms with Crippen LogP contribution in [0.5, 0.6) is 0 Å². The standard InChI is InChI=1S/C21H18F3N5/c22-16-10-13(11-25)7-8-18(16)29-9-3-4-14(12-29)26-20-15-5-1-2-6-17(15)27-21(28-20)19(23)24/h1-2,5-8,10,14,19H,3-4,9,12H2,(H,26,27,28). The minimum Gasteiger partial charge on any atom is -0.367 e. The van der Waals surface area contributed by atoms with E-state index in [2.05, 4.69) is 15.3 Å². The summed E-state index contributed by atoms with van der Waals surface area (Å²) >= 11 is 0. The molecule has 1 N–H and O–H groups in total. The molecule has 1 aliphatic rings. The Hall–Kier alpha value is -3.34. The number of hydrogen-bond donors (Lipinski definition) is 1. The molecule has 1 fully saturated rings. The quantitative estimate of drug-likeness (QED) is 0.694. The highest BCUT2D eigenvalue weighted by molar-refractivity contribution is 5.89. The van der Waals surface area contributed by atoms with E-state index in [1.54, 1.807) is 36.4 Å². The Labute approximate surface area is 165 Å². The first-order valence-corrected chi connectivity index (χ1v) is 9.31. The molecule has 1 saturated heterocycles. The fourth-order valence-electron chi connectivity index (χ4n) is 3.64. The Kier molecular flexibility index (Phi) is 5.21. The molecular weight excluding hydrogens is 379 g/mol. The van der Waals surface area contributed by atoms with Gasteiger partial charge >= 0.3 is 0 Å². The normalized spacial score (nSPS) is 16.8. The number of para-hydroxylation sites is 1. The number of nitrogens with zero attached hydrogens (tertiary/aromatic N) is 4. The number of rotatable bonds is 4. The summed E-state index contributed by atoms with van der Waals surface area (Å²) in [5, 5.41) is 12.8. The lowest BCUT2D eigenvalue weighted by Gasteiger charge is -2.35. The van der Waals surface area contributed by atoms with Crippen LogP contribution >= 0.6 is 0 Å². The van der Waals surface area contributed by atoms with Crippen LogP contribution in [0.25, 0.3) is 10.9 Å². The molecular formula is C21H18F3N5. The van der Waals surface area contributed by atoms with E-state index in [4.69, 9.17) is 5.26 Å². The number of alkyl halides is 2. The molecule has 0 saturated carbocycles. The summed E-state index contributed by atoms with van der Waals surface area (Å²) in [4.78, 5) is 9.86. The lowest BCUT2D eigenvalue weighted by molar-refractivity contribution is 0.141. The Morgan fingerprint density at radius 2 is 2.00 bits per heavy atom. The molecule has 2 heterocycles. The van der Waals surface area contributed by atoms with Crippen LogP contribution in [0.15, 0.2) is 42.5 Å². The summed E-state index contributed by atoms with van der Waals surface area (Å²) in [6.45, 7) is 1.17. The predicted octanol–water partition coefficient (Wildman–Crippen LogP) is 4.66. The Bertz CT molecular complexity index is 1080. The van der Waals surface area contributed by atoms with Crippen molar-refractivity contribution in [2.24, 2.45) is 0 Å². The molecule has 8 heteroatoms. The fourth-order valence-corrected chi connectivity index (χ4v) is 3.64. The SMILES string of the molecule is N#Cc1ccc(N2CCCC(Nc3nc(C(F)F)nc4ccccc34)C2)c(F)c1. The zero-order valence-corrected chi connectivity index (χ0v) is 15.4. The maximum absolute atomic E-state index is 14.4. The monoisotopic (exact) mass is 397 g/mol. The van der Waals surface area contributed by atoms with Gasteiger partial charge in [0.25, 0.3) is 6.43 Å². The van der Waals surface area contributed by atoms with Crippen LogP contribution in [0, 0.1) is 17.1 Å². The van der Waals surface area contributed by atoms with E-state index in [0.717, 1.165) is 12.8 Å². The molecule has 148 valence electrons. The summed E-state index contributed by atoms with van der Waals surface area (Å²) in [6.07, 6.45) is -1.16. The van der Waals surface area contributed by atoms with Gasteiger partial charge in [-0.2, -0.15) is 5.26 Å². The average molecular weight is 397 g/mol. The summed E-state index contributed by atoms with van der Waals surface area (Å²) in [5.41, 5.74) is 1.15. The number of aromatic nitrogens is 2. The van der Waals surface area contributed by atoms with Crippen LogP contribution in [0.3, 0.4) is 0 Å². The minimum absolute atomic E-state index is 0.0948. The van der Waals surface area contributed by atoms with Crippen molar-refractivity contribution >= 4 is 22.4 Å². The molecule has 1 aromatic heterocycles. The predicted molar refractivity (Wildman–Crippen MR) is 104 cm³/mol. The molecule has 29 heavy (non-hydrogen) atoms. The number of nitrogens with one attached hydrogen (secondary N) is 1. The van der Waals surface area contributed by atoms with Crippen LogP contribution in [0.2, 0.25) is 0 Å². The number of halogens is 3. The van der Waals surface area contributed by atoms with E-state index < -0.39 is 18.1 Å². The van der Waals surface area contributed by atoms with E-state index >= 15 is 0 Å². The van der Waals surface area contributed by atoms with Gasteiger partial charge in [-0.25, -0.2) is 23.1 Å².